The Morgan fingerprint density at radius 3 is 0.841 bits per heavy atom. The van der Waals surface area contributed by atoms with Crippen molar-refractivity contribution < 1.29 is 0 Å². The Kier molecular flexibility index (Phi) is 14.2. The van der Waals surface area contributed by atoms with E-state index in [-0.39, 0.29) is 0 Å². The van der Waals surface area contributed by atoms with Gasteiger partial charge in [-0.15, -0.1) is 0 Å². The monoisotopic (exact) mass is 588 g/mol. The first kappa shape index (κ1) is 32.8. The molecule has 0 nitrogen and oxygen atoms in total. The molecular weight excluding hydrogens is 528 g/mol. The maximum atomic E-state index is 2.45. The molecule has 11 rings (SSSR count). The zero-order chi connectivity index (χ0) is 30.1. The summed E-state index contributed by atoms with van der Waals surface area (Å²) in [7, 11) is 0. The Morgan fingerprint density at radius 2 is 0.591 bits per heavy atom. The molecule has 0 spiro atoms. The van der Waals surface area contributed by atoms with Crippen LogP contribution in [0.2, 0.25) is 0 Å². The van der Waals surface area contributed by atoms with Crippen molar-refractivity contribution in [3.63, 3.8) is 0 Å². The van der Waals surface area contributed by atoms with E-state index in [0.717, 1.165) is 47.3 Å². The second kappa shape index (κ2) is 19.0. The molecule has 11 aliphatic carbocycles. The fourth-order valence-electron chi connectivity index (χ4n) is 7.61. The van der Waals surface area contributed by atoms with Crippen LogP contribution in [0.5, 0.6) is 0 Å². The minimum absolute atomic E-state index is 0.792. The smallest absolute Gasteiger partial charge is 0.00445 e. The fourth-order valence-corrected chi connectivity index (χ4v) is 7.61. The van der Waals surface area contributed by atoms with E-state index in [2.05, 4.69) is 122 Å². The topological polar surface area (TPSA) is 0 Å². The molecule has 0 amide bonds. The van der Waals surface area contributed by atoms with Gasteiger partial charge in [0.2, 0.25) is 0 Å². The lowest BCUT2D eigenvalue weighted by atomic mass is 9.82. The molecule has 0 saturated carbocycles. The van der Waals surface area contributed by atoms with Gasteiger partial charge in [-0.3, -0.25) is 0 Å². The third-order valence-corrected chi connectivity index (χ3v) is 10.6. The molecule has 0 saturated heterocycles. The van der Waals surface area contributed by atoms with Crippen LogP contribution in [0.3, 0.4) is 0 Å². The van der Waals surface area contributed by atoms with Crippen LogP contribution >= 0.6 is 0 Å². The molecule has 236 valence electrons. The summed E-state index contributed by atoms with van der Waals surface area (Å²) in [5.41, 5.74) is 0. The molecule has 0 heteroatoms. The van der Waals surface area contributed by atoms with Crippen LogP contribution in [0.15, 0.2) is 122 Å². The van der Waals surface area contributed by atoms with Crippen LogP contribution in [0.1, 0.15) is 103 Å². The van der Waals surface area contributed by atoms with Crippen LogP contribution in [0.4, 0.5) is 0 Å². The summed E-state index contributed by atoms with van der Waals surface area (Å²) in [6.07, 6.45) is 68.0. The Morgan fingerprint density at radius 1 is 0.273 bits per heavy atom. The molecule has 0 aromatic rings. The van der Waals surface area contributed by atoms with Crippen molar-refractivity contribution in [2.45, 2.75) is 103 Å². The maximum absolute atomic E-state index is 2.45. The van der Waals surface area contributed by atoms with Crippen molar-refractivity contribution in [1.29, 1.82) is 0 Å². The molecule has 11 aliphatic rings. The van der Waals surface area contributed by atoms with E-state index in [4.69, 9.17) is 0 Å². The predicted molar refractivity (Wildman–Crippen MR) is 193 cm³/mol. The fraction of sp³-hybridized carbons (Fsp3) is 0.545. The van der Waals surface area contributed by atoms with Gasteiger partial charge in [0.15, 0.2) is 0 Å². The van der Waals surface area contributed by atoms with Gasteiger partial charge in [-0.25, -0.2) is 0 Å². The summed E-state index contributed by atoms with van der Waals surface area (Å²) in [5, 5.41) is 0. The number of allylic oxidation sites excluding steroid dienone is 20. The van der Waals surface area contributed by atoms with Gasteiger partial charge in [-0.1, -0.05) is 128 Å². The lowest BCUT2D eigenvalue weighted by molar-refractivity contribution is 0.449. The van der Waals surface area contributed by atoms with Crippen molar-refractivity contribution in [2.75, 3.05) is 0 Å². The molecular formula is C44H60. The first-order chi connectivity index (χ1) is 21.8. The van der Waals surface area contributed by atoms with Gasteiger partial charge in [-0.2, -0.15) is 0 Å². The first-order valence-corrected chi connectivity index (χ1v) is 18.5. The number of hydrogen-bond donors (Lipinski definition) is 0. The van der Waals surface area contributed by atoms with Gasteiger partial charge >= 0.3 is 0 Å². The Bertz CT molecular complexity index is 1010. The van der Waals surface area contributed by atoms with Crippen molar-refractivity contribution in [1.82, 2.24) is 0 Å². The van der Waals surface area contributed by atoms with E-state index in [9.17, 15) is 0 Å². The average Bonchev–Trinajstić information content (AvgIpc) is 3.65. The normalized spacial score (nSPS) is 37.8. The van der Waals surface area contributed by atoms with Crippen LogP contribution in [-0.2, 0) is 0 Å². The van der Waals surface area contributed by atoms with E-state index in [1.807, 2.05) is 0 Å². The minimum Gasteiger partial charge on any atom is -0.0882 e. The second-order valence-electron chi connectivity index (χ2n) is 14.3. The highest BCUT2D eigenvalue weighted by Gasteiger charge is 2.19. The highest BCUT2D eigenvalue weighted by molar-refractivity contribution is 5.21. The maximum Gasteiger partial charge on any atom is -0.00445 e. The van der Waals surface area contributed by atoms with Gasteiger partial charge in [0.05, 0.1) is 0 Å². The highest BCUT2D eigenvalue weighted by atomic mass is 14.2. The van der Waals surface area contributed by atoms with Gasteiger partial charge in [0.25, 0.3) is 0 Å². The molecule has 0 N–H and O–H groups in total. The lowest BCUT2D eigenvalue weighted by Crippen LogP contribution is -2.10. The zero-order valence-corrected chi connectivity index (χ0v) is 27.5. The summed E-state index contributed by atoms with van der Waals surface area (Å²) in [5.74, 6) is 6.66. The van der Waals surface area contributed by atoms with Crippen LogP contribution in [0.25, 0.3) is 0 Å². The van der Waals surface area contributed by atoms with Crippen LogP contribution in [-0.4, -0.2) is 0 Å². The Hall–Kier alpha value is -2.60. The Labute approximate surface area is 271 Å². The summed E-state index contributed by atoms with van der Waals surface area (Å²) in [6, 6.07) is 0. The summed E-state index contributed by atoms with van der Waals surface area (Å²) in [4.78, 5) is 0. The molecule has 0 aliphatic heterocycles. The molecule has 0 radical (unpaired) electrons. The average molecular weight is 589 g/mol. The van der Waals surface area contributed by atoms with Crippen LogP contribution in [0, 0.1) is 47.3 Å². The predicted octanol–water partition coefficient (Wildman–Crippen LogP) is 12.8. The van der Waals surface area contributed by atoms with Crippen molar-refractivity contribution >= 4 is 0 Å². The van der Waals surface area contributed by atoms with E-state index in [1.54, 1.807) is 0 Å². The van der Waals surface area contributed by atoms with Gasteiger partial charge in [0.1, 0.15) is 0 Å². The van der Waals surface area contributed by atoms with E-state index in [0.29, 0.717) is 0 Å². The van der Waals surface area contributed by atoms with Crippen molar-refractivity contribution in [2.24, 2.45) is 47.3 Å². The molecule has 0 fully saturated rings. The highest BCUT2D eigenvalue weighted by Crippen LogP contribution is 2.32. The quantitative estimate of drug-likeness (QED) is 0.247. The molecule has 0 aromatic heterocycles. The summed E-state index contributed by atoms with van der Waals surface area (Å²) >= 11 is 0. The molecule has 0 heterocycles. The molecule has 4 atom stereocenters. The third kappa shape index (κ3) is 12.1. The van der Waals surface area contributed by atoms with Crippen molar-refractivity contribution in [3.05, 3.63) is 122 Å². The lowest BCUT2D eigenvalue weighted by Gasteiger charge is -2.23. The third-order valence-electron chi connectivity index (χ3n) is 10.6. The summed E-state index contributed by atoms with van der Waals surface area (Å²) < 4.78 is 0. The Balaban J connectivity index is 0.000000110. The van der Waals surface area contributed by atoms with E-state index in [1.165, 1.54) is 103 Å². The second-order valence-corrected chi connectivity index (χ2v) is 14.3. The number of rotatable bonds is 0. The number of hydrogen-bond acceptors (Lipinski definition) is 0. The van der Waals surface area contributed by atoms with Gasteiger partial charge < -0.3 is 0 Å². The number of fused-ring (bicyclic) bond motifs is 8. The molecule has 4 unspecified atom stereocenters. The first-order valence-electron chi connectivity index (χ1n) is 18.5. The zero-order valence-electron chi connectivity index (χ0n) is 27.5. The largest absolute Gasteiger partial charge is 0.0882 e. The van der Waals surface area contributed by atoms with E-state index >= 15 is 0 Å². The summed E-state index contributed by atoms with van der Waals surface area (Å²) in [6.45, 7) is 0. The SMILES string of the molecule is C1=CC2C/C=C\CC1CC2.C1=CC2C/C=C\CC1CCC2.C1=CC2C=CC1C2.C1=CC2C=CC1CC2.C1=CCC/C=C\CC1. The van der Waals surface area contributed by atoms with Gasteiger partial charge in [0, 0.05) is 0 Å². The van der Waals surface area contributed by atoms with Crippen LogP contribution < -0.4 is 0 Å². The van der Waals surface area contributed by atoms with E-state index < -0.39 is 0 Å². The molecule has 8 bridgehead atoms. The van der Waals surface area contributed by atoms with Gasteiger partial charge in [-0.05, 0) is 144 Å². The molecule has 0 aromatic carbocycles. The minimum atomic E-state index is 0.792. The standard InChI is InChI=1S/C11H16.C10H14.C8H10.C8H12.C7H8/c1-2-5-11-7-3-6-10(4-1)8-9-11;1-2-4-10-7-5-9(3-1)6-8-10;1-2-8-5-3-7(1)4-6-8;1-2-4-6-8-7-5-3-1;1-2-7-4-3-6(1)5-7/h1-2,8-11H,3-7H2;1-2,5,7,9-10H,3-4,6,8H2;1-3,5,7-8H,4,6H2;1-2,7-8H,3-6H2;1-4,6-7H,5H2/b2*2-1-;;2-1-,8-7?;. The van der Waals surface area contributed by atoms with Crippen molar-refractivity contribution in [3.8, 4) is 0 Å². The molecule has 44 heavy (non-hydrogen) atoms.